The summed E-state index contributed by atoms with van der Waals surface area (Å²) in [4.78, 5) is 10.9. The number of allylic oxidation sites excluding steroid dienone is 3. The third-order valence-electron chi connectivity index (χ3n) is 2.11. The standard InChI is InChI=1S/C13H22O3/c1-4-16-13(15)8-6-5-7-11(2)9-10-12(3)14/h5-8,11-12,14H,4,9-10H2,1-3H3/b7-5+,8-6-/t11-,12+/m0/s1. The third-order valence-corrected chi connectivity index (χ3v) is 2.11. The van der Waals surface area contributed by atoms with Gasteiger partial charge in [0.2, 0.25) is 0 Å². The Hall–Kier alpha value is -1.09. The second-order valence-corrected chi connectivity index (χ2v) is 3.90. The molecule has 16 heavy (non-hydrogen) atoms. The van der Waals surface area contributed by atoms with Crippen molar-refractivity contribution in [1.82, 2.24) is 0 Å². The molecule has 2 atom stereocenters. The van der Waals surface area contributed by atoms with E-state index in [1.54, 1.807) is 19.9 Å². The number of rotatable bonds is 7. The van der Waals surface area contributed by atoms with Gasteiger partial charge in [0, 0.05) is 6.08 Å². The van der Waals surface area contributed by atoms with Crippen molar-refractivity contribution in [2.45, 2.75) is 39.7 Å². The number of carbonyl (C=O) groups excluding carboxylic acids is 1. The number of hydrogen-bond donors (Lipinski definition) is 1. The van der Waals surface area contributed by atoms with E-state index < -0.39 is 0 Å². The second kappa shape index (κ2) is 9.16. The topological polar surface area (TPSA) is 46.5 Å². The molecule has 3 heteroatoms. The first-order chi connectivity index (χ1) is 7.56. The van der Waals surface area contributed by atoms with Crippen LogP contribution in [0.3, 0.4) is 0 Å². The minimum atomic E-state index is -0.316. The van der Waals surface area contributed by atoms with Gasteiger partial charge in [-0.2, -0.15) is 0 Å². The fraction of sp³-hybridized carbons (Fsp3) is 0.615. The minimum Gasteiger partial charge on any atom is -0.463 e. The van der Waals surface area contributed by atoms with Gasteiger partial charge in [-0.1, -0.05) is 25.2 Å². The highest BCUT2D eigenvalue weighted by Gasteiger charge is 2.00. The van der Waals surface area contributed by atoms with Crippen LogP contribution in [0, 0.1) is 5.92 Å². The maximum atomic E-state index is 10.9. The second-order valence-electron chi connectivity index (χ2n) is 3.90. The number of hydrogen-bond acceptors (Lipinski definition) is 3. The summed E-state index contributed by atoms with van der Waals surface area (Å²) >= 11 is 0. The lowest BCUT2D eigenvalue weighted by atomic mass is 10.0. The van der Waals surface area contributed by atoms with Crippen LogP contribution in [0.4, 0.5) is 0 Å². The summed E-state index contributed by atoms with van der Waals surface area (Å²) < 4.78 is 4.74. The third kappa shape index (κ3) is 9.46. The van der Waals surface area contributed by atoms with E-state index in [0.29, 0.717) is 12.5 Å². The van der Waals surface area contributed by atoms with Crippen LogP contribution in [-0.4, -0.2) is 23.8 Å². The normalized spacial score (nSPS) is 15.5. The highest BCUT2D eigenvalue weighted by atomic mass is 16.5. The monoisotopic (exact) mass is 226 g/mol. The Morgan fingerprint density at radius 1 is 1.31 bits per heavy atom. The fourth-order valence-corrected chi connectivity index (χ4v) is 1.18. The zero-order valence-corrected chi connectivity index (χ0v) is 10.3. The van der Waals surface area contributed by atoms with Gasteiger partial charge in [0.05, 0.1) is 12.7 Å². The summed E-state index contributed by atoms with van der Waals surface area (Å²) in [6.45, 7) is 6.05. The van der Waals surface area contributed by atoms with Gasteiger partial charge in [-0.15, -0.1) is 0 Å². The van der Waals surface area contributed by atoms with Crippen molar-refractivity contribution in [3.8, 4) is 0 Å². The van der Waals surface area contributed by atoms with Crippen LogP contribution >= 0.6 is 0 Å². The van der Waals surface area contributed by atoms with Crippen LogP contribution in [0.25, 0.3) is 0 Å². The molecule has 1 N–H and O–H groups in total. The number of ether oxygens (including phenoxy) is 1. The van der Waals surface area contributed by atoms with Gasteiger partial charge < -0.3 is 9.84 Å². The van der Waals surface area contributed by atoms with E-state index in [1.165, 1.54) is 6.08 Å². The zero-order chi connectivity index (χ0) is 12.4. The molecular weight excluding hydrogens is 204 g/mol. The van der Waals surface area contributed by atoms with Gasteiger partial charge in [-0.25, -0.2) is 4.79 Å². The molecule has 0 unspecified atom stereocenters. The van der Waals surface area contributed by atoms with Crippen molar-refractivity contribution in [2.24, 2.45) is 5.92 Å². The molecular formula is C13H22O3. The fourth-order valence-electron chi connectivity index (χ4n) is 1.18. The first kappa shape index (κ1) is 14.9. The molecule has 92 valence electrons. The highest BCUT2D eigenvalue weighted by molar-refractivity contribution is 5.82. The summed E-state index contributed by atoms with van der Waals surface area (Å²) in [6, 6.07) is 0. The molecule has 0 aliphatic carbocycles. The number of esters is 1. The predicted molar refractivity (Wildman–Crippen MR) is 65.0 cm³/mol. The Morgan fingerprint density at radius 2 is 2.00 bits per heavy atom. The molecule has 0 amide bonds. The minimum absolute atomic E-state index is 0.245. The SMILES string of the molecule is CCOC(=O)/C=C\C=C\[C@H](C)CC[C@@H](C)O. The maximum absolute atomic E-state index is 10.9. The molecule has 0 radical (unpaired) electrons. The van der Waals surface area contributed by atoms with Crippen LogP contribution < -0.4 is 0 Å². The average molecular weight is 226 g/mol. The van der Waals surface area contributed by atoms with Crippen LogP contribution in [0.2, 0.25) is 0 Å². The van der Waals surface area contributed by atoms with Crippen molar-refractivity contribution in [3.63, 3.8) is 0 Å². The molecule has 0 saturated heterocycles. The van der Waals surface area contributed by atoms with E-state index in [9.17, 15) is 4.79 Å². The van der Waals surface area contributed by atoms with Crippen molar-refractivity contribution >= 4 is 5.97 Å². The van der Waals surface area contributed by atoms with Gasteiger partial charge >= 0.3 is 5.97 Å². The van der Waals surface area contributed by atoms with Crippen molar-refractivity contribution < 1.29 is 14.6 Å². The summed E-state index contributed by atoms with van der Waals surface area (Å²) in [5, 5.41) is 9.11. The molecule has 0 spiro atoms. The Balaban J connectivity index is 3.77. The molecule has 0 aromatic carbocycles. The Morgan fingerprint density at radius 3 is 2.56 bits per heavy atom. The summed E-state index contributed by atoms with van der Waals surface area (Å²) in [7, 11) is 0. The van der Waals surface area contributed by atoms with Gasteiger partial charge in [-0.3, -0.25) is 0 Å². The zero-order valence-electron chi connectivity index (χ0n) is 10.3. The number of carbonyl (C=O) groups is 1. The first-order valence-corrected chi connectivity index (χ1v) is 5.76. The van der Waals surface area contributed by atoms with Crippen LogP contribution in [-0.2, 0) is 9.53 Å². The van der Waals surface area contributed by atoms with Gasteiger partial charge in [0.15, 0.2) is 0 Å². The van der Waals surface area contributed by atoms with Crippen molar-refractivity contribution in [2.75, 3.05) is 6.61 Å². The molecule has 0 saturated carbocycles. The molecule has 0 aromatic heterocycles. The van der Waals surface area contributed by atoms with E-state index in [4.69, 9.17) is 9.84 Å². The highest BCUT2D eigenvalue weighted by Crippen LogP contribution is 2.09. The molecule has 0 bridgehead atoms. The van der Waals surface area contributed by atoms with E-state index in [1.807, 2.05) is 12.2 Å². The first-order valence-electron chi connectivity index (χ1n) is 5.76. The molecule has 0 aromatic rings. The lowest BCUT2D eigenvalue weighted by molar-refractivity contribution is -0.137. The molecule has 0 fully saturated rings. The van der Waals surface area contributed by atoms with Crippen LogP contribution in [0.15, 0.2) is 24.3 Å². The lowest BCUT2D eigenvalue weighted by Gasteiger charge is -2.06. The Kier molecular flexibility index (Phi) is 8.53. The Bertz CT molecular complexity index is 242. The van der Waals surface area contributed by atoms with E-state index >= 15 is 0 Å². The largest absolute Gasteiger partial charge is 0.463 e. The number of aliphatic hydroxyl groups is 1. The summed E-state index contributed by atoms with van der Waals surface area (Å²) in [6.07, 6.45) is 8.43. The van der Waals surface area contributed by atoms with E-state index in [-0.39, 0.29) is 12.1 Å². The average Bonchev–Trinajstić information content (AvgIpc) is 2.22. The smallest absolute Gasteiger partial charge is 0.330 e. The van der Waals surface area contributed by atoms with Crippen LogP contribution in [0.1, 0.15) is 33.6 Å². The summed E-state index contributed by atoms with van der Waals surface area (Å²) in [5.74, 6) is 0.0882. The molecule has 0 heterocycles. The lowest BCUT2D eigenvalue weighted by Crippen LogP contribution is -2.01. The van der Waals surface area contributed by atoms with Gasteiger partial charge in [0.25, 0.3) is 0 Å². The number of aliphatic hydroxyl groups excluding tert-OH is 1. The molecule has 0 aliphatic heterocycles. The van der Waals surface area contributed by atoms with Gasteiger partial charge in [-0.05, 0) is 32.6 Å². The van der Waals surface area contributed by atoms with E-state index in [0.717, 1.165) is 12.8 Å². The molecule has 3 nitrogen and oxygen atoms in total. The van der Waals surface area contributed by atoms with Crippen molar-refractivity contribution in [3.05, 3.63) is 24.3 Å². The van der Waals surface area contributed by atoms with E-state index in [2.05, 4.69) is 6.92 Å². The van der Waals surface area contributed by atoms with Crippen molar-refractivity contribution in [1.29, 1.82) is 0 Å². The van der Waals surface area contributed by atoms with Gasteiger partial charge in [0.1, 0.15) is 0 Å². The Labute approximate surface area is 97.8 Å². The molecule has 0 rings (SSSR count). The molecule has 0 aliphatic rings. The maximum Gasteiger partial charge on any atom is 0.330 e. The van der Waals surface area contributed by atoms with Crippen LogP contribution in [0.5, 0.6) is 0 Å². The predicted octanol–water partition coefficient (Wildman–Crippen LogP) is 2.46. The quantitative estimate of drug-likeness (QED) is 0.412. The summed E-state index contributed by atoms with van der Waals surface area (Å²) in [5.41, 5.74) is 0.